The summed E-state index contributed by atoms with van der Waals surface area (Å²) in [7, 11) is 3.70. The topological polar surface area (TPSA) is 57.0 Å². The van der Waals surface area contributed by atoms with Gasteiger partial charge in [-0.25, -0.2) is 0 Å². The highest BCUT2D eigenvalue weighted by Gasteiger charge is 2.08. The number of hydrogen-bond donors (Lipinski definition) is 0. The standard InChI is InChI=1S/C15H13N3O/c1-18(2)8-6-15(19)12-5-7-17-14-4-3-11(10-16)9-13(12)14/h3-9H,1-2H3. The Morgan fingerprint density at radius 1 is 1.37 bits per heavy atom. The van der Waals surface area contributed by atoms with Gasteiger partial charge in [-0.05, 0) is 24.3 Å². The third-order valence-electron chi connectivity index (χ3n) is 2.66. The van der Waals surface area contributed by atoms with E-state index in [-0.39, 0.29) is 5.78 Å². The van der Waals surface area contributed by atoms with Crippen LogP contribution < -0.4 is 0 Å². The number of ketones is 1. The molecule has 0 aliphatic heterocycles. The number of carbonyl (C=O) groups is 1. The summed E-state index contributed by atoms with van der Waals surface area (Å²) >= 11 is 0. The van der Waals surface area contributed by atoms with Gasteiger partial charge < -0.3 is 4.90 Å². The van der Waals surface area contributed by atoms with Gasteiger partial charge in [0.15, 0.2) is 5.78 Å². The highest BCUT2D eigenvalue weighted by atomic mass is 16.1. The van der Waals surface area contributed by atoms with Crippen molar-refractivity contribution in [1.82, 2.24) is 9.88 Å². The molecule has 0 amide bonds. The van der Waals surface area contributed by atoms with E-state index in [1.807, 2.05) is 14.1 Å². The van der Waals surface area contributed by atoms with Gasteiger partial charge >= 0.3 is 0 Å². The summed E-state index contributed by atoms with van der Waals surface area (Å²) in [5, 5.41) is 9.63. The van der Waals surface area contributed by atoms with Crippen molar-refractivity contribution in [3.8, 4) is 6.07 Å². The lowest BCUT2D eigenvalue weighted by Crippen LogP contribution is -2.03. The van der Waals surface area contributed by atoms with Crippen molar-refractivity contribution in [2.75, 3.05) is 14.1 Å². The van der Waals surface area contributed by atoms with Crippen LogP contribution in [-0.4, -0.2) is 29.8 Å². The molecule has 0 atom stereocenters. The van der Waals surface area contributed by atoms with Crippen LogP contribution in [0, 0.1) is 11.3 Å². The molecule has 1 aromatic carbocycles. The fourth-order valence-corrected chi connectivity index (χ4v) is 1.74. The van der Waals surface area contributed by atoms with Gasteiger partial charge in [-0.1, -0.05) is 0 Å². The average Bonchev–Trinajstić information content (AvgIpc) is 2.43. The first-order valence-electron chi connectivity index (χ1n) is 5.79. The van der Waals surface area contributed by atoms with E-state index in [1.165, 1.54) is 6.08 Å². The summed E-state index contributed by atoms with van der Waals surface area (Å²) in [6.45, 7) is 0. The maximum atomic E-state index is 12.1. The Morgan fingerprint density at radius 2 is 2.16 bits per heavy atom. The highest BCUT2D eigenvalue weighted by molar-refractivity contribution is 6.12. The van der Waals surface area contributed by atoms with Crippen molar-refractivity contribution in [2.45, 2.75) is 0 Å². The second kappa shape index (κ2) is 5.32. The number of nitriles is 1. The molecule has 0 saturated carbocycles. The number of pyridine rings is 1. The van der Waals surface area contributed by atoms with Crippen molar-refractivity contribution in [3.63, 3.8) is 0 Å². The second-order valence-electron chi connectivity index (χ2n) is 4.35. The molecular weight excluding hydrogens is 238 g/mol. The van der Waals surface area contributed by atoms with Gasteiger partial charge in [0.1, 0.15) is 0 Å². The van der Waals surface area contributed by atoms with E-state index >= 15 is 0 Å². The Kier molecular flexibility index (Phi) is 3.58. The molecule has 0 fully saturated rings. The quantitative estimate of drug-likeness (QED) is 0.620. The predicted molar refractivity (Wildman–Crippen MR) is 73.6 cm³/mol. The molecule has 0 unspecified atom stereocenters. The van der Waals surface area contributed by atoms with Crippen LogP contribution in [0.5, 0.6) is 0 Å². The minimum Gasteiger partial charge on any atom is -0.383 e. The first-order valence-corrected chi connectivity index (χ1v) is 5.79. The van der Waals surface area contributed by atoms with Gasteiger partial charge in [0, 0.05) is 43.5 Å². The lowest BCUT2D eigenvalue weighted by atomic mass is 10.0. The van der Waals surface area contributed by atoms with E-state index in [0.717, 1.165) is 0 Å². The molecule has 0 N–H and O–H groups in total. The number of nitrogens with zero attached hydrogens (tertiary/aromatic N) is 3. The van der Waals surface area contributed by atoms with Gasteiger partial charge in [-0.15, -0.1) is 0 Å². The summed E-state index contributed by atoms with van der Waals surface area (Å²) in [6, 6.07) is 8.88. The molecule has 0 bridgehead atoms. The fourth-order valence-electron chi connectivity index (χ4n) is 1.74. The minimum absolute atomic E-state index is 0.101. The molecule has 0 aliphatic carbocycles. The van der Waals surface area contributed by atoms with Crippen LogP contribution in [0.1, 0.15) is 15.9 Å². The number of allylic oxidation sites excluding steroid dienone is 1. The fraction of sp³-hybridized carbons (Fsp3) is 0.133. The maximum Gasteiger partial charge on any atom is 0.188 e. The molecular formula is C15H13N3O. The number of rotatable bonds is 3. The summed E-state index contributed by atoms with van der Waals surface area (Å²) < 4.78 is 0. The number of fused-ring (bicyclic) bond motifs is 1. The average molecular weight is 251 g/mol. The van der Waals surface area contributed by atoms with E-state index < -0.39 is 0 Å². The minimum atomic E-state index is -0.101. The first kappa shape index (κ1) is 12.8. The van der Waals surface area contributed by atoms with Gasteiger partial charge in [0.2, 0.25) is 0 Å². The van der Waals surface area contributed by atoms with Gasteiger partial charge in [0.25, 0.3) is 0 Å². The second-order valence-corrected chi connectivity index (χ2v) is 4.35. The molecule has 1 heterocycles. The Labute approximate surface area is 111 Å². The summed E-state index contributed by atoms with van der Waals surface area (Å²) in [5.41, 5.74) is 1.79. The zero-order chi connectivity index (χ0) is 13.8. The van der Waals surface area contributed by atoms with Crippen LogP contribution >= 0.6 is 0 Å². The van der Waals surface area contributed by atoms with E-state index in [0.29, 0.717) is 22.0 Å². The Hall–Kier alpha value is -2.67. The summed E-state index contributed by atoms with van der Waals surface area (Å²) in [5.74, 6) is -0.101. The molecule has 2 rings (SSSR count). The molecule has 4 nitrogen and oxygen atoms in total. The first-order chi connectivity index (χ1) is 9.11. The SMILES string of the molecule is CN(C)C=CC(=O)c1ccnc2ccc(C#N)cc12. The normalized spacial score (nSPS) is 10.6. The predicted octanol–water partition coefficient (Wildman–Crippen LogP) is 2.36. The van der Waals surface area contributed by atoms with Crippen LogP contribution in [-0.2, 0) is 0 Å². The van der Waals surface area contributed by atoms with Crippen LogP contribution in [0.4, 0.5) is 0 Å². The molecule has 94 valence electrons. The van der Waals surface area contributed by atoms with E-state index in [1.54, 1.807) is 41.6 Å². The Bertz CT molecular complexity index is 696. The summed E-state index contributed by atoms with van der Waals surface area (Å²) in [6.07, 6.45) is 4.81. The van der Waals surface area contributed by atoms with Crippen molar-refractivity contribution in [1.29, 1.82) is 5.26 Å². The number of benzene rings is 1. The Morgan fingerprint density at radius 3 is 2.84 bits per heavy atom. The number of aromatic nitrogens is 1. The third-order valence-corrected chi connectivity index (χ3v) is 2.66. The maximum absolute atomic E-state index is 12.1. The molecule has 1 aromatic heterocycles. The van der Waals surface area contributed by atoms with E-state index in [2.05, 4.69) is 11.1 Å². The van der Waals surface area contributed by atoms with Gasteiger partial charge in [0.05, 0.1) is 17.1 Å². The third kappa shape index (κ3) is 2.78. The molecule has 0 radical (unpaired) electrons. The monoisotopic (exact) mass is 251 g/mol. The highest BCUT2D eigenvalue weighted by Crippen LogP contribution is 2.19. The molecule has 4 heteroatoms. The van der Waals surface area contributed by atoms with Crippen LogP contribution in [0.25, 0.3) is 10.9 Å². The lowest BCUT2D eigenvalue weighted by molar-refractivity contribution is 0.104. The van der Waals surface area contributed by atoms with Crippen molar-refractivity contribution in [3.05, 3.63) is 53.9 Å². The zero-order valence-corrected chi connectivity index (χ0v) is 10.8. The largest absolute Gasteiger partial charge is 0.383 e. The van der Waals surface area contributed by atoms with Gasteiger partial charge in [-0.2, -0.15) is 5.26 Å². The molecule has 0 spiro atoms. The Balaban J connectivity index is 2.54. The molecule has 0 saturated heterocycles. The van der Waals surface area contributed by atoms with Crippen LogP contribution in [0.2, 0.25) is 0 Å². The van der Waals surface area contributed by atoms with Gasteiger partial charge in [-0.3, -0.25) is 9.78 Å². The van der Waals surface area contributed by atoms with Crippen molar-refractivity contribution in [2.24, 2.45) is 0 Å². The summed E-state index contributed by atoms with van der Waals surface area (Å²) in [4.78, 5) is 18.1. The number of hydrogen-bond acceptors (Lipinski definition) is 4. The van der Waals surface area contributed by atoms with E-state index in [9.17, 15) is 4.79 Å². The van der Waals surface area contributed by atoms with Crippen LogP contribution in [0.3, 0.4) is 0 Å². The van der Waals surface area contributed by atoms with Crippen LogP contribution in [0.15, 0.2) is 42.7 Å². The smallest absolute Gasteiger partial charge is 0.188 e. The van der Waals surface area contributed by atoms with Crippen molar-refractivity contribution >= 4 is 16.7 Å². The zero-order valence-electron chi connectivity index (χ0n) is 10.8. The molecule has 0 aliphatic rings. The lowest BCUT2D eigenvalue weighted by Gasteiger charge is -2.05. The van der Waals surface area contributed by atoms with E-state index in [4.69, 9.17) is 5.26 Å². The van der Waals surface area contributed by atoms with Crippen molar-refractivity contribution < 1.29 is 4.79 Å². The molecule has 2 aromatic rings. The molecule has 19 heavy (non-hydrogen) atoms. The number of carbonyl (C=O) groups excluding carboxylic acids is 1.